The van der Waals surface area contributed by atoms with Crippen LogP contribution in [0.4, 0.5) is 4.39 Å². The minimum atomic E-state index is -3.93. The average molecular weight is 386 g/mol. The number of sulfonamides is 1. The molecule has 0 radical (unpaired) electrons. The van der Waals surface area contributed by atoms with Gasteiger partial charge in [-0.3, -0.25) is 9.59 Å². The molecule has 1 aliphatic rings. The lowest BCUT2D eigenvalue weighted by Gasteiger charge is -2.32. The lowest BCUT2D eigenvalue weighted by atomic mass is 9.96. The highest BCUT2D eigenvalue weighted by Gasteiger charge is 2.31. The lowest BCUT2D eigenvalue weighted by molar-refractivity contribution is -0.151. The molecule has 0 spiro atoms. The number of carbonyl (C=O) groups excluding carboxylic acids is 2. The maximum absolute atomic E-state index is 12.9. The van der Waals surface area contributed by atoms with E-state index in [9.17, 15) is 22.4 Å². The first-order valence-corrected chi connectivity index (χ1v) is 9.96. The highest BCUT2D eigenvalue weighted by molar-refractivity contribution is 7.89. The van der Waals surface area contributed by atoms with Gasteiger partial charge >= 0.3 is 5.97 Å². The third-order valence-corrected chi connectivity index (χ3v) is 5.81. The van der Waals surface area contributed by atoms with Crippen molar-refractivity contribution in [3.63, 3.8) is 0 Å². The van der Waals surface area contributed by atoms with Crippen molar-refractivity contribution in [2.45, 2.75) is 37.6 Å². The van der Waals surface area contributed by atoms with Gasteiger partial charge in [-0.1, -0.05) is 0 Å². The average Bonchev–Trinajstić information content (AvgIpc) is 2.61. The molecule has 0 aromatic heterocycles. The number of nitrogens with one attached hydrogen (secondary N) is 1. The molecule has 7 nitrogen and oxygen atoms in total. The number of esters is 1. The number of rotatable bonds is 6. The normalized spacial score (nSPS) is 17.0. The van der Waals surface area contributed by atoms with Gasteiger partial charge in [-0.25, -0.2) is 12.8 Å². The van der Waals surface area contributed by atoms with Gasteiger partial charge in [-0.15, -0.1) is 0 Å². The molecule has 144 valence electrons. The molecule has 0 unspecified atom stereocenters. The summed E-state index contributed by atoms with van der Waals surface area (Å²) in [5.74, 6) is -1.40. The molecule has 1 amide bonds. The monoisotopic (exact) mass is 386 g/mol. The van der Waals surface area contributed by atoms with Gasteiger partial charge in [-0.05, 0) is 51.0 Å². The van der Waals surface area contributed by atoms with E-state index in [4.69, 9.17) is 4.74 Å². The Morgan fingerprint density at radius 2 is 1.85 bits per heavy atom. The molecule has 0 bridgehead atoms. The lowest BCUT2D eigenvalue weighted by Crippen LogP contribution is -2.49. The molecule has 1 aromatic carbocycles. The fourth-order valence-corrected chi connectivity index (χ4v) is 4.03. The number of benzene rings is 1. The summed E-state index contributed by atoms with van der Waals surface area (Å²) in [4.78, 5) is 25.6. The van der Waals surface area contributed by atoms with Crippen molar-refractivity contribution in [2.24, 2.45) is 5.92 Å². The molecule has 1 N–H and O–H groups in total. The van der Waals surface area contributed by atoms with Gasteiger partial charge in [0.05, 0.1) is 23.5 Å². The van der Waals surface area contributed by atoms with Gasteiger partial charge in [0.1, 0.15) is 5.82 Å². The van der Waals surface area contributed by atoms with E-state index >= 15 is 0 Å². The van der Waals surface area contributed by atoms with E-state index in [0.29, 0.717) is 32.5 Å². The predicted octanol–water partition coefficient (Wildman–Crippen LogP) is 1.29. The Balaban J connectivity index is 1.93. The van der Waals surface area contributed by atoms with Crippen LogP contribution < -0.4 is 4.72 Å². The molecule has 1 saturated heterocycles. The van der Waals surface area contributed by atoms with Crippen molar-refractivity contribution in [1.82, 2.24) is 9.62 Å². The maximum Gasteiger partial charge on any atom is 0.309 e. The van der Waals surface area contributed by atoms with Crippen molar-refractivity contribution in [3.8, 4) is 0 Å². The number of piperidine rings is 1. The van der Waals surface area contributed by atoms with E-state index in [2.05, 4.69) is 4.72 Å². The largest absolute Gasteiger partial charge is 0.466 e. The fraction of sp³-hybridized carbons (Fsp3) is 0.529. The van der Waals surface area contributed by atoms with E-state index < -0.39 is 21.9 Å². The maximum atomic E-state index is 12.9. The number of hydrogen-bond acceptors (Lipinski definition) is 5. The predicted molar refractivity (Wildman–Crippen MR) is 92.1 cm³/mol. The zero-order chi connectivity index (χ0) is 19.3. The molecule has 1 aromatic rings. The van der Waals surface area contributed by atoms with Crippen LogP contribution in [0.15, 0.2) is 29.2 Å². The smallest absolute Gasteiger partial charge is 0.309 e. The summed E-state index contributed by atoms with van der Waals surface area (Å²) in [5, 5.41) is 0. The van der Waals surface area contributed by atoms with Crippen LogP contribution in [-0.4, -0.2) is 50.9 Å². The molecular formula is C17H23FN2O5S. The Morgan fingerprint density at radius 3 is 2.38 bits per heavy atom. The van der Waals surface area contributed by atoms with Crippen LogP contribution in [0.25, 0.3) is 0 Å². The first-order valence-electron chi connectivity index (χ1n) is 8.48. The highest BCUT2D eigenvalue weighted by atomic mass is 32.2. The molecule has 0 saturated carbocycles. The minimum Gasteiger partial charge on any atom is -0.466 e. The van der Waals surface area contributed by atoms with E-state index in [0.717, 1.165) is 24.3 Å². The van der Waals surface area contributed by atoms with E-state index in [-0.39, 0.29) is 22.7 Å². The zero-order valence-electron chi connectivity index (χ0n) is 14.8. The van der Waals surface area contributed by atoms with E-state index in [1.54, 1.807) is 6.92 Å². The van der Waals surface area contributed by atoms with E-state index in [1.165, 1.54) is 11.8 Å². The second-order valence-corrected chi connectivity index (χ2v) is 7.86. The van der Waals surface area contributed by atoms with Crippen LogP contribution >= 0.6 is 0 Å². The summed E-state index contributed by atoms with van der Waals surface area (Å²) in [6.45, 7) is 4.25. The second-order valence-electron chi connectivity index (χ2n) is 6.15. The molecule has 1 atom stereocenters. The Hall–Kier alpha value is -2.00. The van der Waals surface area contributed by atoms with Crippen molar-refractivity contribution < 1.29 is 27.1 Å². The van der Waals surface area contributed by atoms with Crippen LogP contribution in [0.3, 0.4) is 0 Å². The van der Waals surface area contributed by atoms with Gasteiger partial charge in [0.2, 0.25) is 15.9 Å². The number of hydrogen-bond donors (Lipinski definition) is 1. The Kier molecular flexibility index (Phi) is 6.71. The number of ether oxygens (including phenoxy) is 1. The molecule has 1 aliphatic heterocycles. The zero-order valence-corrected chi connectivity index (χ0v) is 15.6. The standard InChI is InChI=1S/C17H23FN2O5S/c1-3-25-17(22)13-8-10-20(11-9-13)16(21)12(2)19-26(23,24)15-6-4-14(18)5-7-15/h4-7,12-13,19H,3,8-11H2,1-2H3/t12-/m0/s1. The van der Waals surface area contributed by atoms with Crippen LogP contribution in [-0.2, 0) is 24.3 Å². The number of nitrogens with zero attached hydrogens (tertiary/aromatic N) is 1. The summed E-state index contributed by atoms with van der Waals surface area (Å²) >= 11 is 0. The van der Waals surface area contributed by atoms with Crippen LogP contribution in [0.5, 0.6) is 0 Å². The van der Waals surface area contributed by atoms with Gasteiger partial charge in [0, 0.05) is 13.1 Å². The first kappa shape index (κ1) is 20.3. The molecule has 0 aliphatic carbocycles. The van der Waals surface area contributed by atoms with Crippen molar-refractivity contribution >= 4 is 21.9 Å². The SMILES string of the molecule is CCOC(=O)C1CCN(C(=O)[C@H](C)NS(=O)(=O)c2ccc(F)cc2)CC1. The highest BCUT2D eigenvalue weighted by Crippen LogP contribution is 2.19. The van der Waals surface area contributed by atoms with Crippen molar-refractivity contribution in [3.05, 3.63) is 30.1 Å². The van der Waals surface area contributed by atoms with E-state index in [1.807, 2.05) is 0 Å². The van der Waals surface area contributed by atoms with Crippen LogP contribution in [0, 0.1) is 11.7 Å². The quantitative estimate of drug-likeness (QED) is 0.744. The minimum absolute atomic E-state index is 0.112. The molecule has 1 fully saturated rings. The number of halogens is 1. The topological polar surface area (TPSA) is 92.8 Å². The van der Waals surface area contributed by atoms with Gasteiger partial charge in [0.15, 0.2) is 0 Å². The second kappa shape index (κ2) is 8.59. The number of carbonyl (C=O) groups is 2. The Labute approximate surface area is 152 Å². The van der Waals surface area contributed by atoms with Gasteiger partial charge in [-0.2, -0.15) is 4.72 Å². The molecule has 26 heavy (non-hydrogen) atoms. The fourth-order valence-electron chi connectivity index (χ4n) is 2.83. The summed E-state index contributed by atoms with van der Waals surface area (Å²) in [6.07, 6.45) is 0.976. The Bertz CT molecular complexity index is 743. The molecule has 1 heterocycles. The summed E-state index contributed by atoms with van der Waals surface area (Å²) in [6, 6.07) is 3.39. The summed E-state index contributed by atoms with van der Waals surface area (Å²) < 4.78 is 44.8. The third-order valence-electron chi connectivity index (χ3n) is 4.25. The Morgan fingerprint density at radius 1 is 1.27 bits per heavy atom. The van der Waals surface area contributed by atoms with Crippen LogP contribution in [0.1, 0.15) is 26.7 Å². The van der Waals surface area contributed by atoms with Crippen molar-refractivity contribution in [1.29, 1.82) is 0 Å². The number of amides is 1. The molecular weight excluding hydrogens is 363 g/mol. The summed E-state index contributed by atoms with van der Waals surface area (Å²) in [7, 11) is -3.93. The van der Waals surface area contributed by atoms with Crippen molar-refractivity contribution in [2.75, 3.05) is 19.7 Å². The molecule has 9 heteroatoms. The first-order chi connectivity index (χ1) is 12.2. The third kappa shape index (κ3) is 5.01. The molecule has 2 rings (SSSR count). The van der Waals surface area contributed by atoms with Gasteiger partial charge in [0.25, 0.3) is 0 Å². The van der Waals surface area contributed by atoms with Crippen LogP contribution in [0.2, 0.25) is 0 Å². The number of likely N-dealkylation sites (tertiary alicyclic amines) is 1. The van der Waals surface area contributed by atoms with Gasteiger partial charge < -0.3 is 9.64 Å². The summed E-state index contributed by atoms with van der Waals surface area (Å²) in [5.41, 5.74) is 0.